The van der Waals surface area contributed by atoms with Crippen molar-refractivity contribution in [2.75, 3.05) is 0 Å². The maximum atomic E-state index is 3.76. The first-order valence-corrected chi connectivity index (χ1v) is 2.18. The molecule has 0 bridgehead atoms. The summed E-state index contributed by atoms with van der Waals surface area (Å²) in [6.07, 6.45) is 1.77. The predicted molar refractivity (Wildman–Crippen MR) is 28.8 cm³/mol. The molecule has 0 radical (unpaired) electrons. The number of rotatable bonds is 0. The summed E-state index contributed by atoms with van der Waals surface area (Å²) in [6.45, 7) is 0. The Hall–Kier alpha value is -0.370. The van der Waals surface area contributed by atoms with E-state index in [0.29, 0.717) is 0 Å². The van der Waals surface area contributed by atoms with Crippen LogP contribution in [0.4, 0.5) is 0 Å². The SMILES string of the molecule is C.c1cnsc1. The van der Waals surface area contributed by atoms with Gasteiger partial charge < -0.3 is 0 Å². The highest BCUT2D eigenvalue weighted by Crippen LogP contribution is 1.83. The minimum Gasteiger partial charge on any atom is -0.201 e. The summed E-state index contributed by atoms with van der Waals surface area (Å²) >= 11 is 1.46. The maximum Gasteiger partial charge on any atom is 0.0406 e. The first-order valence-electron chi connectivity index (χ1n) is 1.34. The Morgan fingerprint density at radius 3 is 2.50 bits per heavy atom. The quantitative estimate of drug-likeness (QED) is 0.485. The van der Waals surface area contributed by atoms with Gasteiger partial charge in [-0.15, -0.1) is 0 Å². The van der Waals surface area contributed by atoms with Gasteiger partial charge in [0.25, 0.3) is 0 Å². The lowest BCUT2D eigenvalue weighted by atomic mass is 10.8. The Kier molecular flexibility index (Phi) is 2.67. The summed E-state index contributed by atoms with van der Waals surface area (Å²) in [6, 6.07) is 1.91. The van der Waals surface area contributed by atoms with E-state index >= 15 is 0 Å². The molecular formula is C4H7NS. The molecule has 1 rings (SSSR count). The fraction of sp³-hybridized carbons (Fsp3) is 0.250. The van der Waals surface area contributed by atoms with E-state index in [1.54, 1.807) is 6.20 Å². The number of hydrogen-bond donors (Lipinski definition) is 0. The third-order valence-corrected chi connectivity index (χ3v) is 0.869. The molecule has 0 unspecified atom stereocenters. The third-order valence-electron chi connectivity index (χ3n) is 0.347. The van der Waals surface area contributed by atoms with Crippen molar-refractivity contribution in [2.24, 2.45) is 0 Å². The Labute approximate surface area is 41.8 Å². The van der Waals surface area contributed by atoms with Gasteiger partial charge in [-0.05, 0) is 17.6 Å². The van der Waals surface area contributed by atoms with E-state index in [1.165, 1.54) is 11.5 Å². The van der Waals surface area contributed by atoms with Gasteiger partial charge in [-0.25, -0.2) is 4.37 Å². The maximum absolute atomic E-state index is 3.76. The van der Waals surface area contributed by atoms with Crippen molar-refractivity contribution in [3.63, 3.8) is 0 Å². The van der Waals surface area contributed by atoms with Crippen molar-refractivity contribution in [3.05, 3.63) is 17.6 Å². The molecule has 0 spiro atoms. The summed E-state index contributed by atoms with van der Waals surface area (Å²) in [5, 5.41) is 1.93. The highest BCUT2D eigenvalue weighted by Gasteiger charge is 1.59. The summed E-state index contributed by atoms with van der Waals surface area (Å²) in [7, 11) is 0. The van der Waals surface area contributed by atoms with Gasteiger partial charge in [0.05, 0.1) is 0 Å². The molecule has 0 amide bonds. The van der Waals surface area contributed by atoms with Crippen LogP contribution in [-0.2, 0) is 0 Å². The van der Waals surface area contributed by atoms with Crippen LogP contribution < -0.4 is 0 Å². The van der Waals surface area contributed by atoms with Crippen molar-refractivity contribution >= 4 is 11.5 Å². The van der Waals surface area contributed by atoms with E-state index in [2.05, 4.69) is 4.37 Å². The van der Waals surface area contributed by atoms with Gasteiger partial charge in [0.2, 0.25) is 0 Å². The van der Waals surface area contributed by atoms with Gasteiger partial charge in [0, 0.05) is 11.6 Å². The zero-order valence-electron chi connectivity index (χ0n) is 2.59. The molecule has 1 nitrogen and oxygen atoms in total. The Bertz CT molecular complexity index is 64.0. The molecule has 0 aromatic carbocycles. The molecule has 1 heterocycles. The van der Waals surface area contributed by atoms with E-state index in [9.17, 15) is 0 Å². The van der Waals surface area contributed by atoms with Crippen molar-refractivity contribution < 1.29 is 0 Å². The molecule has 6 heavy (non-hydrogen) atoms. The van der Waals surface area contributed by atoms with Crippen LogP contribution in [0.2, 0.25) is 0 Å². The molecule has 0 aliphatic rings. The lowest BCUT2D eigenvalue weighted by Gasteiger charge is -1.41. The second kappa shape index (κ2) is 2.85. The average Bonchev–Trinajstić information content (AvgIpc) is 1.76. The summed E-state index contributed by atoms with van der Waals surface area (Å²) in [4.78, 5) is 0. The highest BCUT2D eigenvalue weighted by molar-refractivity contribution is 7.03. The number of aromatic nitrogens is 1. The topological polar surface area (TPSA) is 12.9 Å². The molecular weight excluding hydrogens is 94.1 g/mol. The molecule has 1 aromatic rings. The third kappa shape index (κ3) is 1.17. The lowest BCUT2D eigenvalue weighted by Crippen LogP contribution is -1.32. The Morgan fingerprint density at radius 1 is 1.50 bits per heavy atom. The monoisotopic (exact) mass is 101 g/mol. The normalized spacial score (nSPS) is 6.67. The van der Waals surface area contributed by atoms with E-state index < -0.39 is 0 Å². The van der Waals surface area contributed by atoms with E-state index in [1.807, 2.05) is 11.4 Å². The van der Waals surface area contributed by atoms with E-state index in [4.69, 9.17) is 0 Å². The number of nitrogens with zero attached hydrogens (tertiary/aromatic N) is 1. The molecule has 0 N–H and O–H groups in total. The number of hydrogen-bond acceptors (Lipinski definition) is 2. The largest absolute Gasteiger partial charge is 0.201 e. The van der Waals surface area contributed by atoms with Crippen LogP contribution in [0.3, 0.4) is 0 Å². The summed E-state index contributed by atoms with van der Waals surface area (Å²) in [5.74, 6) is 0. The Morgan fingerprint density at radius 2 is 2.33 bits per heavy atom. The van der Waals surface area contributed by atoms with E-state index in [-0.39, 0.29) is 7.43 Å². The molecule has 0 saturated carbocycles. The van der Waals surface area contributed by atoms with Gasteiger partial charge in [-0.1, -0.05) is 7.43 Å². The molecule has 0 atom stereocenters. The molecule has 0 saturated heterocycles. The van der Waals surface area contributed by atoms with Crippen molar-refractivity contribution in [2.45, 2.75) is 7.43 Å². The predicted octanol–water partition coefficient (Wildman–Crippen LogP) is 1.78. The van der Waals surface area contributed by atoms with Crippen LogP contribution in [0.25, 0.3) is 0 Å². The zero-order valence-corrected chi connectivity index (χ0v) is 3.40. The minimum absolute atomic E-state index is 0. The molecule has 1 aromatic heterocycles. The average molecular weight is 101 g/mol. The molecule has 34 valence electrons. The summed E-state index contributed by atoms with van der Waals surface area (Å²) < 4.78 is 3.76. The fourth-order valence-electron chi connectivity index (χ4n) is 0.176. The lowest BCUT2D eigenvalue weighted by molar-refractivity contribution is 1.58. The van der Waals surface area contributed by atoms with Crippen LogP contribution in [0.5, 0.6) is 0 Å². The molecule has 0 aliphatic carbocycles. The molecule has 0 fully saturated rings. The van der Waals surface area contributed by atoms with Gasteiger partial charge >= 0.3 is 0 Å². The van der Waals surface area contributed by atoms with E-state index in [0.717, 1.165) is 0 Å². The minimum atomic E-state index is 0. The molecule has 2 heteroatoms. The first kappa shape index (κ1) is 5.63. The van der Waals surface area contributed by atoms with Crippen molar-refractivity contribution in [1.82, 2.24) is 4.37 Å². The molecule has 0 aliphatic heterocycles. The smallest absolute Gasteiger partial charge is 0.0406 e. The van der Waals surface area contributed by atoms with Gasteiger partial charge in [-0.2, -0.15) is 0 Å². The van der Waals surface area contributed by atoms with Crippen LogP contribution in [0, 0.1) is 0 Å². The van der Waals surface area contributed by atoms with Crippen LogP contribution >= 0.6 is 11.5 Å². The standard InChI is InChI=1S/C3H3NS.CH4/c1-2-4-5-3-1;/h1-3H;1H4. The second-order valence-electron chi connectivity index (χ2n) is 0.688. The summed E-state index contributed by atoms with van der Waals surface area (Å²) in [5.41, 5.74) is 0. The zero-order chi connectivity index (χ0) is 3.54. The second-order valence-corrected chi connectivity index (χ2v) is 1.38. The Balaban J connectivity index is 0.000000250. The fourth-order valence-corrected chi connectivity index (χ4v) is 0.527. The van der Waals surface area contributed by atoms with Crippen molar-refractivity contribution in [3.8, 4) is 0 Å². The van der Waals surface area contributed by atoms with Crippen LogP contribution in [0.15, 0.2) is 17.6 Å². The van der Waals surface area contributed by atoms with Crippen molar-refractivity contribution in [1.29, 1.82) is 0 Å². The van der Waals surface area contributed by atoms with Gasteiger partial charge in [0.15, 0.2) is 0 Å². The van der Waals surface area contributed by atoms with Crippen LogP contribution in [0.1, 0.15) is 7.43 Å². The van der Waals surface area contributed by atoms with Crippen LogP contribution in [-0.4, -0.2) is 4.37 Å². The highest BCUT2D eigenvalue weighted by atomic mass is 32.1. The first-order chi connectivity index (χ1) is 2.50. The van der Waals surface area contributed by atoms with Gasteiger partial charge in [0.1, 0.15) is 0 Å². The van der Waals surface area contributed by atoms with Gasteiger partial charge in [-0.3, -0.25) is 0 Å².